The van der Waals surface area contributed by atoms with E-state index in [0.29, 0.717) is 11.3 Å². The van der Waals surface area contributed by atoms with Crippen LogP contribution in [-0.2, 0) is 9.59 Å². The lowest BCUT2D eigenvalue weighted by molar-refractivity contribution is -0.113. The lowest BCUT2D eigenvalue weighted by Gasteiger charge is -2.08. The van der Waals surface area contributed by atoms with Crippen molar-refractivity contribution in [1.82, 2.24) is 0 Å². The van der Waals surface area contributed by atoms with Crippen LogP contribution in [0.4, 0.5) is 0 Å². The smallest absolute Gasteiger partial charge is 0.236 e. The number of allylic oxidation sites excluding steroid dienone is 2. The third kappa shape index (κ3) is 3.05. The highest BCUT2D eigenvalue weighted by Gasteiger charge is 2.14. The van der Waals surface area contributed by atoms with Gasteiger partial charge in [-0.25, -0.2) is 0 Å². The van der Waals surface area contributed by atoms with Crippen LogP contribution in [0.1, 0.15) is 12.5 Å². The number of ketones is 2. The zero-order chi connectivity index (χ0) is 12.8. The van der Waals surface area contributed by atoms with Crippen molar-refractivity contribution in [3.05, 3.63) is 35.9 Å². The standard InChI is InChI=1S/C14H12O3/c1-4-13(16)12(9-10(2)15)11-7-5-6-8-14(11)17-3/h1,5-9H,2-3H3/b12-9-. The molecule has 0 unspecified atom stereocenters. The molecular weight excluding hydrogens is 216 g/mol. The van der Waals surface area contributed by atoms with Gasteiger partial charge in [0.05, 0.1) is 7.11 Å². The molecular formula is C14H12O3. The largest absolute Gasteiger partial charge is 0.496 e. The molecule has 0 aliphatic carbocycles. The number of para-hydroxylation sites is 1. The number of hydrogen-bond donors (Lipinski definition) is 0. The van der Waals surface area contributed by atoms with Gasteiger partial charge < -0.3 is 4.74 Å². The molecule has 0 aliphatic rings. The molecule has 0 bridgehead atoms. The van der Waals surface area contributed by atoms with E-state index in [-0.39, 0.29) is 11.4 Å². The summed E-state index contributed by atoms with van der Waals surface area (Å²) in [4.78, 5) is 22.7. The predicted octanol–water partition coefficient (Wildman–Crippen LogP) is 1.87. The number of hydrogen-bond acceptors (Lipinski definition) is 3. The van der Waals surface area contributed by atoms with E-state index in [1.807, 2.05) is 5.92 Å². The van der Waals surface area contributed by atoms with E-state index in [4.69, 9.17) is 11.2 Å². The maximum Gasteiger partial charge on any atom is 0.236 e. The summed E-state index contributed by atoms with van der Waals surface area (Å²) in [5.41, 5.74) is 0.700. The minimum atomic E-state index is -0.537. The Hall–Kier alpha value is -2.34. The van der Waals surface area contributed by atoms with Crippen molar-refractivity contribution in [2.24, 2.45) is 0 Å². The molecule has 0 aliphatic heterocycles. The summed E-state index contributed by atoms with van der Waals surface area (Å²) < 4.78 is 5.13. The van der Waals surface area contributed by atoms with Crippen molar-refractivity contribution >= 4 is 17.1 Å². The van der Waals surface area contributed by atoms with Gasteiger partial charge in [0.1, 0.15) is 5.75 Å². The fourth-order valence-electron chi connectivity index (χ4n) is 1.41. The molecule has 0 N–H and O–H groups in total. The minimum Gasteiger partial charge on any atom is -0.496 e. The van der Waals surface area contributed by atoms with Gasteiger partial charge in [0, 0.05) is 11.1 Å². The molecule has 1 rings (SSSR count). The SMILES string of the molecule is C#CC(=O)/C(=C\C(C)=O)c1ccccc1OC. The number of carbonyl (C=O) groups is 2. The van der Waals surface area contributed by atoms with Crippen LogP contribution in [0.25, 0.3) is 5.57 Å². The summed E-state index contributed by atoms with van der Waals surface area (Å²) in [6.07, 6.45) is 6.31. The van der Waals surface area contributed by atoms with Crippen LogP contribution in [0.3, 0.4) is 0 Å². The average Bonchev–Trinajstić information content (AvgIpc) is 2.34. The second-order valence-corrected chi connectivity index (χ2v) is 3.34. The Balaban J connectivity index is 3.38. The van der Waals surface area contributed by atoms with Crippen molar-refractivity contribution in [1.29, 1.82) is 0 Å². The average molecular weight is 228 g/mol. The second kappa shape index (κ2) is 5.66. The minimum absolute atomic E-state index is 0.178. The summed E-state index contributed by atoms with van der Waals surface area (Å²) in [7, 11) is 1.49. The zero-order valence-corrected chi connectivity index (χ0v) is 9.69. The van der Waals surface area contributed by atoms with E-state index in [9.17, 15) is 9.59 Å². The van der Waals surface area contributed by atoms with Gasteiger partial charge in [0.25, 0.3) is 0 Å². The molecule has 0 amide bonds. The maximum atomic E-state index is 11.6. The van der Waals surface area contributed by atoms with Gasteiger partial charge in [-0.2, -0.15) is 0 Å². The van der Waals surface area contributed by atoms with Crippen molar-refractivity contribution in [2.45, 2.75) is 6.92 Å². The fourth-order valence-corrected chi connectivity index (χ4v) is 1.41. The summed E-state index contributed by atoms with van der Waals surface area (Å²) in [6.45, 7) is 1.36. The topological polar surface area (TPSA) is 43.4 Å². The molecule has 0 saturated carbocycles. The quantitative estimate of drug-likeness (QED) is 0.449. The number of Topliss-reactive ketones (excluding diaryl/α,β-unsaturated/α-hetero) is 1. The first-order chi connectivity index (χ1) is 8.10. The second-order valence-electron chi connectivity index (χ2n) is 3.34. The third-order valence-electron chi connectivity index (χ3n) is 2.12. The molecule has 1 aromatic rings. The predicted molar refractivity (Wildman–Crippen MR) is 65.5 cm³/mol. The number of benzene rings is 1. The summed E-state index contributed by atoms with van der Waals surface area (Å²) in [5, 5.41) is 0. The summed E-state index contributed by atoms with van der Waals surface area (Å²) >= 11 is 0. The van der Waals surface area contributed by atoms with Crippen LogP contribution >= 0.6 is 0 Å². The number of ether oxygens (including phenoxy) is 1. The van der Waals surface area contributed by atoms with E-state index < -0.39 is 5.78 Å². The highest BCUT2D eigenvalue weighted by Crippen LogP contribution is 2.26. The van der Waals surface area contributed by atoms with Gasteiger partial charge in [0.2, 0.25) is 5.78 Å². The van der Waals surface area contributed by atoms with Crippen LogP contribution in [-0.4, -0.2) is 18.7 Å². The maximum absolute atomic E-state index is 11.6. The van der Waals surface area contributed by atoms with Gasteiger partial charge in [-0.1, -0.05) is 18.2 Å². The Morgan fingerprint density at radius 2 is 2.00 bits per heavy atom. The molecule has 0 saturated heterocycles. The van der Waals surface area contributed by atoms with Crippen LogP contribution in [0.5, 0.6) is 5.75 Å². The number of rotatable bonds is 4. The molecule has 86 valence electrons. The van der Waals surface area contributed by atoms with E-state index in [2.05, 4.69) is 0 Å². The first kappa shape index (κ1) is 12.7. The lowest BCUT2D eigenvalue weighted by atomic mass is 9.99. The number of terminal acetylenes is 1. The highest BCUT2D eigenvalue weighted by atomic mass is 16.5. The molecule has 0 heterocycles. The van der Waals surface area contributed by atoms with Crippen molar-refractivity contribution in [3.63, 3.8) is 0 Å². The van der Waals surface area contributed by atoms with Crippen LogP contribution in [0, 0.1) is 12.3 Å². The first-order valence-electron chi connectivity index (χ1n) is 4.96. The number of methoxy groups -OCH3 is 1. The third-order valence-corrected chi connectivity index (χ3v) is 2.12. The molecule has 0 spiro atoms. The van der Waals surface area contributed by atoms with Crippen molar-refractivity contribution in [3.8, 4) is 18.1 Å². The Morgan fingerprint density at radius 1 is 1.35 bits per heavy atom. The van der Waals surface area contributed by atoms with Gasteiger partial charge >= 0.3 is 0 Å². The van der Waals surface area contributed by atoms with Crippen LogP contribution in [0.15, 0.2) is 30.3 Å². The first-order valence-corrected chi connectivity index (χ1v) is 4.96. The van der Waals surface area contributed by atoms with Crippen LogP contribution in [0.2, 0.25) is 0 Å². The van der Waals surface area contributed by atoms with Crippen LogP contribution < -0.4 is 4.74 Å². The zero-order valence-electron chi connectivity index (χ0n) is 9.69. The molecule has 1 aromatic carbocycles. The van der Waals surface area contributed by atoms with Gasteiger partial charge in [-0.15, -0.1) is 6.42 Å². The monoisotopic (exact) mass is 228 g/mol. The van der Waals surface area contributed by atoms with Gasteiger partial charge in [-0.05, 0) is 25.0 Å². The van der Waals surface area contributed by atoms with Gasteiger partial charge in [-0.3, -0.25) is 9.59 Å². The summed E-state index contributed by atoms with van der Waals surface area (Å²) in [6, 6.07) is 6.90. The van der Waals surface area contributed by atoms with E-state index in [1.165, 1.54) is 20.1 Å². The number of carbonyl (C=O) groups excluding carboxylic acids is 2. The Bertz CT molecular complexity index is 519. The lowest BCUT2D eigenvalue weighted by Crippen LogP contribution is -2.02. The van der Waals surface area contributed by atoms with Crippen molar-refractivity contribution < 1.29 is 14.3 Å². The van der Waals surface area contributed by atoms with E-state index >= 15 is 0 Å². The van der Waals surface area contributed by atoms with E-state index in [1.54, 1.807) is 24.3 Å². The molecule has 0 fully saturated rings. The molecule has 3 heteroatoms. The summed E-state index contributed by atoms with van der Waals surface area (Å²) in [5.74, 6) is 1.73. The van der Waals surface area contributed by atoms with E-state index in [0.717, 1.165) is 0 Å². The Morgan fingerprint density at radius 3 is 2.53 bits per heavy atom. The molecule has 0 radical (unpaired) electrons. The molecule has 17 heavy (non-hydrogen) atoms. The normalized spacial score (nSPS) is 10.5. The van der Waals surface area contributed by atoms with Crippen molar-refractivity contribution in [2.75, 3.05) is 7.11 Å². The fraction of sp³-hybridized carbons (Fsp3) is 0.143. The molecule has 0 aromatic heterocycles. The Kier molecular flexibility index (Phi) is 4.24. The van der Waals surface area contributed by atoms with Gasteiger partial charge in [0.15, 0.2) is 5.78 Å². The highest BCUT2D eigenvalue weighted by molar-refractivity contribution is 6.31. The molecule has 3 nitrogen and oxygen atoms in total. The molecule has 0 atom stereocenters. The Labute approximate surface area is 100 Å².